The predicted octanol–water partition coefficient (Wildman–Crippen LogP) is 0.948. The van der Waals surface area contributed by atoms with Gasteiger partial charge < -0.3 is 5.73 Å². The lowest BCUT2D eigenvalue weighted by Crippen LogP contribution is -2.50. The molecule has 0 spiro atoms. The number of carbonyl (C=O) groups excluding carboxylic acids is 1. The van der Waals surface area contributed by atoms with Crippen molar-refractivity contribution in [2.75, 3.05) is 0 Å². The summed E-state index contributed by atoms with van der Waals surface area (Å²) in [6.07, 6.45) is 0. The van der Waals surface area contributed by atoms with Crippen molar-refractivity contribution in [1.29, 1.82) is 0 Å². The lowest BCUT2D eigenvalue weighted by atomic mass is 10.0. The summed E-state index contributed by atoms with van der Waals surface area (Å²) in [6, 6.07) is 6.37. The Balaban J connectivity index is 2.83. The van der Waals surface area contributed by atoms with Crippen LogP contribution in [0.5, 0.6) is 0 Å². The highest BCUT2D eigenvalue weighted by molar-refractivity contribution is 5.83. The summed E-state index contributed by atoms with van der Waals surface area (Å²) >= 11 is 0. The molecule has 0 aliphatic carbocycles. The molecular weight excluding hydrogens is 222 g/mol. The first-order valence-corrected chi connectivity index (χ1v) is 5.12. The monoisotopic (exact) mass is 237 g/mol. The lowest BCUT2D eigenvalue weighted by Gasteiger charge is -2.22. The van der Waals surface area contributed by atoms with Crippen LogP contribution in [-0.4, -0.2) is 16.4 Å². The molecule has 0 unspecified atom stereocenters. The van der Waals surface area contributed by atoms with Crippen LogP contribution in [0.2, 0.25) is 0 Å². The molecule has 1 aromatic carbocycles. The molecule has 0 aliphatic rings. The van der Waals surface area contributed by atoms with Crippen molar-refractivity contribution < 1.29 is 9.72 Å². The van der Waals surface area contributed by atoms with Crippen LogP contribution in [0.4, 0.5) is 5.69 Å². The van der Waals surface area contributed by atoms with Gasteiger partial charge in [0, 0.05) is 18.2 Å². The summed E-state index contributed by atoms with van der Waals surface area (Å²) in [5.74, 6) is -0.504. The maximum absolute atomic E-state index is 11.1. The maximum Gasteiger partial charge on any atom is 0.273 e. The number of benzene rings is 1. The van der Waals surface area contributed by atoms with E-state index < -0.39 is 16.4 Å². The van der Waals surface area contributed by atoms with Gasteiger partial charge in [-0.3, -0.25) is 20.2 Å². The molecule has 0 aromatic heterocycles. The number of hydrogen-bond acceptors (Lipinski definition) is 4. The fraction of sp³-hybridized carbons (Fsp3) is 0.364. The molecule has 17 heavy (non-hydrogen) atoms. The van der Waals surface area contributed by atoms with E-state index in [1.807, 2.05) is 0 Å². The van der Waals surface area contributed by atoms with E-state index in [0.717, 1.165) is 0 Å². The van der Waals surface area contributed by atoms with E-state index in [0.29, 0.717) is 5.56 Å². The number of nitro groups is 1. The van der Waals surface area contributed by atoms with E-state index in [1.165, 1.54) is 6.07 Å². The topological polar surface area (TPSA) is 98.3 Å². The minimum absolute atomic E-state index is 0.0280. The molecule has 0 heterocycles. The molecule has 1 aromatic rings. The Morgan fingerprint density at radius 3 is 2.59 bits per heavy atom. The second-order valence-electron chi connectivity index (χ2n) is 4.23. The average Bonchev–Trinajstić information content (AvgIpc) is 2.26. The molecule has 6 nitrogen and oxygen atoms in total. The van der Waals surface area contributed by atoms with Gasteiger partial charge in [0.25, 0.3) is 5.69 Å². The summed E-state index contributed by atoms with van der Waals surface area (Å²) in [6.45, 7) is 3.47. The second kappa shape index (κ2) is 4.92. The third-order valence-corrected chi connectivity index (χ3v) is 2.53. The largest absolute Gasteiger partial charge is 0.368 e. The Morgan fingerprint density at radius 1 is 1.47 bits per heavy atom. The molecule has 3 N–H and O–H groups in total. The van der Waals surface area contributed by atoms with Crippen molar-refractivity contribution in [3.05, 3.63) is 39.9 Å². The van der Waals surface area contributed by atoms with Crippen LogP contribution in [-0.2, 0) is 11.3 Å². The summed E-state index contributed by atoms with van der Waals surface area (Å²) in [5, 5.41) is 13.7. The Labute approximate surface area is 99.0 Å². The first-order valence-electron chi connectivity index (χ1n) is 5.12. The van der Waals surface area contributed by atoms with Gasteiger partial charge >= 0.3 is 0 Å². The number of primary amides is 1. The predicted molar refractivity (Wildman–Crippen MR) is 63.2 cm³/mol. The van der Waals surface area contributed by atoms with Crippen molar-refractivity contribution in [2.45, 2.75) is 25.9 Å². The Bertz CT molecular complexity index is 443. The normalized spacial score (nSPS) is 11.2. The maximum atomic E-state index is 11.1. The first kappa shape index (κ1) is 13.1. The van der Waals surface area contributed by atoms with Gasteiger partial charge in [-0.05, 0) is 13.8 Å². The summed E-state index contributed by atoms with van der Waals surface area (Å²) < 4.78 is 0. The average molecular weight is 237 g/mol. The van der Waals surface area contributed by atoms with E-state index in [1.54, 1.807) is 32.0 Å². The molecule has 1 amide bonds. The molecule has 0 aliphatic heterocycles. The smallest absolute Gasteiger partial charge is 0.273 e. The number of para-hydroxylation sites is 1. The highest BCUT2D eigenvalue weighted by Crippen LogP contribution is 2.18. The van der Waals surface area contributed by atoms with Gasteiger partial charge in [0.15, 0.2) is 0 Å². The van der Waals surface area contributed by atoms with Crippen LogP contribution in [0.3, 0.4) is 0 Å². The molecule has 0 bridgehead atoms. The zero-order valence-electron chi connectivity index (χ0n) is 9.77. The lowest BCUT2D eigenvalue weighted by molar-refractivity contribution is -0.385. The van der Waals surface area contributed by atoms with Crippen molar-refractivity contribution in [2.24, 2.45) is 5.73 Å². The summed E-state index contributed by atoms with van der Waals surface area (Å²) in [5.41, 5.74) is 4.85. The fourth-order valence-corrected chi connectivity index (χ4v) is 1.24. The number of nitrogens with zero attached hydrogens (tertiary/aromatic N) is 1. The van der Waals surface area contributed by atoms with E-state index in [4.69, 9.17) is 5.73 Å². The number of carbonyl (C=O) groups is 1. The fourth-order valence-electron chi connectivity index (χ4n) is 1.24. The van der Waals surface area contributed by atoms with Crippen LogP contribution >= 0.6 is 0 Å². The minimum Gasteiger partial charge on any atom is -0.368 e. The third kappa shape index (κ3) is 3.25. The van der Waals surface area contributed by atoms with Gasteiger partial charge in [0.05, 0.1) is 10.5 Å². The quantitative estimate of drug-likeness (QED) is 0.588. The number of rotatable bonds is 5. The van der Waals surface area contributed by atoms with Crippen LogP contribution in [0.25, 0.3) is 0 Å². The van der Waals surface area contributed by atoms with Gasteiger partial charge in [-0.1, -0.05) is 18.2 Å². The Kier molecular flexibility index (Phi) is 3.80. The summed E-state index contributed by atoms with van der Waals surface area (Å²) in [7, 11) is 0. The van der Waals surface area contributed by atoms with Gasteiger partial charge in [-0.15, -0.1) is 0 Å². The number of amides is 1. The SMILES string of the molecule is CC(C)(NCc1ccccc1[N+](=O)[O-])C(N)=O. The first-order chi connectivity index (χ1) is 7.84. The van der Waals surface area contributed by atoms with Crippen LogP contribution in [0.15, 0.2) is 24.3 Å². The van der Waals surface area contributed by atoms with Crippen molar-refractivity contribution in [1.82, 2.24) is 5.32 Å². The second-order valence-corrected chi connectivity index (χ2v) is 4.23. The summed E-state index contributed by atoms with van der Waals surface area (Å²) in [4.78, 5) is 21.4. The van der Waals surface area contributed by atoms with Crippen molar-refractivity contribution >= 4 is 11.6 Å². The highest BCUT2D eigenvalue weighted by atomic mass is 16.6. The minimum atomic E-state index is -0.899. The van der Waals surface area contributed by atoms with Crippen LogP contribution in [0.1, 0.15) is 19.4 Å². The zero-order chi connectivity index (χ0) is 13.1. The molecule has 0 radical (unpaired) electrons. The number of hydrogen-bond donors (Lipinski definition) is 2. The third-order valence-electron chi connectivity index (χ3n) is 2.53. The zero-order valence-corrected chi connectivity index (χ0v) is 9.77. The molecule has 6 heteroatoms. The van der Waals surface area contributed by atoms with Gasteiger partial charge in [0.1, 0.15) is 0 Å². The van der Waals surface area contributed by atoms with Crippen molar-refractivity contribution in [3.8, 4) is 0 Å². The molecule has 0 atom stereocenters. The van der Waals surface area contributed by atoms with Gasteiger partial charge in [-0.2, -0.15) is 0 Å². The van der Waals surface area contributed by atoms with E-state index in [2.05, 4.69) is 5.32 Å². The number of nitro benzene ring substituents is 1. The van der Waals surface area contributed by atoms with Gasteiger partial charge in [-0.25, -0.2) is 0 Å². The van der Waals surface area contributed by atoms with Gasteiger partial charge in [0.2, 0.25) is 5.91 Å². The Hall–Kier alpha value is -1.95. The van der Waals surface area contributed by atoms with Crippen LogP contribution in [0, 0.1) is 10.1 Å². The standard InChI is InChI=1S/C11H15N3O3/c1-11(2,10(12)15)13-7-8-5-3-4-6-9(8)14(16)17/h3-6,13H,7H2,1-2H3,(H2,12,15). The molecule has 0 fully saturated rings. The molecule has 92 valence electrons. The van der Waals surface area contributed by atoms with E-state index >= 15 is 0 Å². The van der Waals surface area contributed by atoms with Crippen molar-refractivity contribution in [3.63, 3.8) is 0 Å². The molecule has 0 saturated carbocycles. The number of nitrogens with one attached hydrogen (secondary N) is 1. The molecule has 1 rings (SSSR count). The molecule has 0 saturated heterocycles. The van der Waals surface area contributed by atoms with E-state index in [-0.39, 0.29) is 12.2 Å². The Morgan fingerprint density at radius 2 is 2.06 bits per heavy atom. The molecular formula is C11H15N3O3. The highest BCUT2D eigenvalue weighted by Gasteiger charge is 2.25. The number of nitrogens with two attached hydrogens (primary N) is 1. The van der Waals surface area contributed by atoms with E-state index in [9.17, 15) is 14.9 Å². The van der Waals surface area contributed by atoms with Crippen LogP contribution < -0.4 is 11.1 Å².